The van der Waals surface area contributed by atoms with Crippen LogP contribution in [0.25, 0.3) is 0 Å². The Balaban J connectivity index is 1.43. The molecule has 1 N–H and O–H groups in total. The van der Waals surface area contributed by atoms with Gasteiger partial charge in [0.2, 0.25) is 0 Å². The van der Waals surface area contributed by atoms with Crippen LogP contribution in [0.1, 0.15) is 43.4 Å². The molecule has 2 aliphatic heterocycles. The van der Waals surface area contributed by atoms with Gasteiger partial charge in [0.1, 0.15) is 6.04 Å². The van der Waals surface area contributed by atoms with Crippen LogP contribution >= 0.6 is 0 Å². The number of nitrogens with one attached hydrogen (secondary N) is 1. The van der Waals surface area contributed by atoms with Crippen molar-refractivity contribution in [2.75, 3.05) is 47.5 Å². The minimum Gasteiger partial charge on any atom is -0.468 e. The summed E-state index contributed by atoms with van der Waals surface area (Å²) in [6, 6.07) is 13.7. The summed E-state index contributed by atoms with van der Waals surface area (Å²) < 4.78 is 15.6. The zero-order valence-electron chi connectivity index (χ0n) is 25.3. The van der Waals surface area contributed by atoms with E-state index in [2.05, 4.69) is 15.2 Å². The number of amidine groups is 1. The van der Waals surface area contributed by atoms with E-state index in [9.17, 15) is 24.5 Å². The lowest BCUT2D eigenvalue weighted by molar-refractivity contribution is -0.384. The molecule has 44 heavy (non-hydrogen) atoms. The summed E-state index contributed by atoms with van der Waals surface area (Å²) in [7, 11) is 4.01. The number of piperidine rings is 1. The molecular formula is C31H37N5O8. The van der Waals surface area contributed by atoms with Crippen LogP contribution in [0, 0.1) is 10.1 Å². The molecule has 0 spiro atoms. The van der Waals surface area contributed by atoms with Crippen molar-refractivity contribution < 1.29 is 33.5 Å². The molecule has 13 nitrogen and oxygen atoms in total. The fourth-order valence-corrected chi connectivity index (χ4v) is 5.81. The Kier molecular flexibility index (Phi) is 10.3. The number of urea groups is 1. The number of ether oxygens (including phenoxy) is 3. The molecule has 2 aromatic carbocycles. The first-order valence-electron chi connectivity index (χ1n) is 14.3. The Hall–Kier alpha value is -4.78. The number of benzene rings is 2. The highest BCUT2D eigenvalue weighted by molar-refractivity contribution is 6.00. The highest BCUT2D eigenvalue weighted by atomic mass is 16.6. The van der Waals surface area contributed by atoms with E-state index in [0.29, 0.717) is 56.7 Å². The molecule has 0 aromatic heterocycles. The number of rotatable bonds is 9. The number of allylic oxidation sites excluding steroid dienone is 1. The second-order valence-electron chi connectivity index (χ2n) is 10.6. The number of hydrogen-bond acceptors (Lipinski definition) is 10. The van der Waals surface area contributed by atoms with Gasteiger partial charge in [-0.1, -0.05) is 30.3 Å². The topological polar surface area (TPSA) is 153 Å². The molecule has 1 fully saturated rings. The quantitative estimate of drug-likeness (QED) is 0.195. The number of likely N-dealkylation sites (tertiary alicyclic amines) is 1. The van der Waals surface area contributed by atoms with Crippen molar-refractivity contribution in [2.24, 2.45) is 4.99 Å². The van der Waals surface area contributed by atoms with Gasteiger partial charge in [-0.15, -0.1) is 0 Å². The minimum atomic E-state index is -0.998. The molecule has 2 amide bonds. The van der Waals surface area contributed by atoms with Gasteiger partial charge >= 0.3 is 24.0 Å². The lowest BCUT2D eigenvalue weighted by Gasteiger charge is -2.40. The van der Waals surface area contributed by atoms with Gasteiger partial charge in [-0.05, 0) is 69.1 Å². The van der Waals surface area contributed by atoms with Gasteiger partial charge in [-0.3, -0.25) is 14.9 Å². The summed E-state index contributed by atoms with van der Waals surface area (Å²) in [6.45, 7) is 3.99. The Labute approximate surface area is 255 Å². The van der Waals surface area contributed by atoms with Crippen LogP contribution in [0.5, 0.6) is 0 Å². The van der Waals surface area contributed by atoms with Gasteiger partial charge in [-0.25, -0.2) is 19.5 Å². The third-order valence-electron chi connectivity index (χ3n) is 8.16. The third kappa shape index (κ3) is 6.57. The first-order chi connectivity index (χ1) is 21.2. The number of non-ortho nitro benzene ring substituents is 1. The highest BCUT2D eigenvalue weighted by Gasteiger charge is 2.44. The van der Waals surface area contributed by atoms with Crippen LogP contribution in [0.4, 0.5) is 10.5 Å². The van der Waals surface area contributed by atoms with E-state index in [1.807, 2.05) is 30.3 Å². The standard InChI is InChI=1S/C31H37N5O8/c1-21-25(27(37)42-2)26(22-11-13-24(14-12-22)36(40)41)35(30(33-21)44-4)29(39)32-17-8-18-34-19-15-31(16-20-34,28(38)43-3)23-9-6-5-7-10-23/h5-7,9-14,26H,8,15-20H2,1-4H3,(H,32,39)/t26-/m1/s1. The average Bonchev–Trinajstić information content (AvgIpc) is 3.06. The minimum absolute atomic E-state index is 0.0351. The predicted molar refractivity (Wildman–Crippen MR) is 161 cm³/mol. The smallest absolute Gasteiger partial charge is 0.338 e. The zero-order chi connectivity index (χ0) is 31.9. The highest BCUT2D eigenvalue weighted by Crippen LogP contribution is 2.38. The third-order valence-corrected chi connectivity index (χ3v) is 8.16. The largest absolute Gasteiger partial charge is 0.468 e. The monoisotopic (exact) mass is 607 g/mol. The van der Waals surface area contributed by atoms with Gasteiger partial charge in [0.25, 0.3) is 5.69 Å². The Morgan fingerprint density at radius 1 is 1.02 bits per heavy atom. The molecule has 234 valence electrons. The summed E-state index contributed by atoms with van der Waals surface area (Å²) >= 11 is 0. The summed E-state index contributed by atoms with van der Waals surface area (Å²) in [4.78, 5) is 57.7. The van der Waals surface area contributed by atoms with Gasteiger partial charge in [-0.2, -0.15) is 0 Å². The molecule has 13 heteroatoms. The number of hydrogen-bond donors (Lipinski definition) is 1. The normalized spacial score (nSPS) is 18.2. The molecule has 0 aliphatic carbocycles. The molecular weight excluding hydrogens is 570 g/mol. The summed E-state index contributed by atoms with van der Waals surface area (Å²) in [5.41, 5.74) is 0.986. The van der Waals surface area contributed by atoms with E-state index < -0.39 is 28.4 Å². The lowest BCUT2D eigenvalue weighted by Crippen LogP contribution is -2.50. The van der Waals surface area contributed by atoms with Crippen molar-refractivity contribution in [3.63, 3.8) is 0 Å². The Morgan fingerprint density at radius 3 is 2.25 bits per heavy atom. The van der Waals surface area contributed by atoms with Crippen molar-refractivity contribution in [3.05, 3.63) is 87.1 Å². The van der Waals surface area contributed by atoms with E-state index in [4.69, 9.17) is 14.2 Å². The molecule has 1 atom stereocenters. The van der Waals surface area contributed by atoms with Crippen molar-refractivity contribution in [3.8, 4) is 0 Å². The summed E-state index contributed by atoms with van der Waals surface area (Å²) in [6.07, 6.45) is 1.86. The van der Waals surface area contributed by atoms with Crippen LogP contribution in [-0.4, -0.2) is 86.2 Å². The van der Waals surface area contributed by atoms with Crippen LogP contribution in [0.3, 0.4) is 0 Å². The first kappa shape index (κ1) is 32.1. The van der Waals surface area contributed by atoms with E-state index in [0.717, 1.165) is 5.56 Å². The number of aliphatic imine (C=N–C) groups is 1. The molecule has 1 saturated heterocycles. The summed E-state index contributed by atoms with van der Waals surface area (Å²) in [5, 5.41) is 14.1. The fourth-order valence-electron chi connectivity index (χ4n) is 5.81. The molecule has 2 heterocycles. The molecule has 4 rings (SSSR count). The van der Waals surface area contributed by atoms with Crippen molar-refractivity contribution in [1.29, 1.82) is 0 Å². The van der Waals surface area contributed by atoms with Crippen LogP contribution in [0.15, 0.2) is 70.9 Å². The number of carbonyl (C=O) groups excluding carboxylic acids is 3. The maximum Gasteiger partial charge on any atom is 0.338 e. The maximum absolute atomic E-state index is 13.6. The number of methoxy groups -OCH3 is 3. The SMILES string of the molecule is COC(=O)C1=C(C)N=C(OC)N(C(=O)NCCCN2CCC(C(=O)OC)(c3ccccc3)CC2)[C@@H]1c1ccc([N+](=O)[O-])cc1. The predicted octanol–water partition coefficient (Wildman–Crippen LogP) is 3.71. The summed E-state index contributed by atoms with van der Waals surface area (Å²) in [5.74, 6) is -0.919. The Bertz CT molecular complexity index is 1430. The fraction of sp³-hybridized carbons (Fsp3) is 0.419. The van der Waals surface area contributed by atoms with Crippen LogP contribution in [0.2, 0.25) is 0 Å². The van der Waals surface area contributed by atoms with Crippen molar-refractivity contribution >= 4 is 29.7 Å². The van der Waals surface area contributed by atoms with Crippen LogP contribution < -0.4 is 5.32 Å². The second-order valence-corrected chi connectivity index (χ2v) is 10.6. The molecule has 2 aliphatic rings. The number of amides is 2. The number of nitrogens with zero attached hydrogens (tertiary/aromatic N) is 4. The van der Waals surface area contributed by atoms with E-state index in [1.54, 1.807) is 6.92 Å². The molecule has 0 bridgehead atoms. The van der Waals surface area contributed by atoms with Gasteiger partial charge in [0.15, 0.2) is 0 Å². The number of carbonyl (C=O) groups is 3. The maximum atomic E-state index is 13.6. The Morgan fingerprint density at radius 2 is 1.68 bits per heavy atom. The molecule has 2 aromatic rings. The number of esters is 2. The number of nitro benzene ring substituents is 1. The zero-order valence-corrected chi connectivity index (χ0v) is 25.3. The van der Waals surface area contributed by atoms with Gasteiger partial charge in [0, 0.05) is 18.7 Å². The first-order valence-corrected chi connectivity index (χ1v) is 14.3. The van der Waals surface area contributed by atoms with Crippen molar-refractivity contribution in [1.82, 2.24) is 15.1 Å². The lowest BCUT2D eigenvalue weighted by atomic mass is 9.72. The van der Waals surface area contributed by atoms with Crippen LogP contribution in [-0.2, 0) is 29.2 Å². The van der Waals surface area contributed by atoms with Crippen molar-refractivity contribution in [2.45, 2.75) is 37.6 Å². The number of nitro groups is 1. The van der Waals surface area contributed by atoms with Gasteiger partial charge < -0.3 is 24.4 Å². The van der Waals surface area contributed by atoms with E-state index in [-0.39, 0.29) is 23.3 Å². The van der Waals surface area contributed by atoms with E-state index in [1.165, 1.54) is 50.5 Å². The van der Waals surface area contributed by atoms with E-state index >= 15 is 0 Å². The van der Waals surface area contributed by atoms with Gasteiger partial charge in [0.05, 0.1) is 42.9 Å². The molecule has 0 unspecified atom stereocenters. The molecule has 0 saturated carbocycles. The average molecular weight is 608 g/mol. The second kappa shape index (κ2) is 14.1. The molecule has 0 radical (unpaired) electrons.